The molecule has 0 spiro atoms. The SMILES string of the molecule is COc1cccc([C@H]2[C@@H](C(=O)NCc3ccccn3)c3ccccc3C(=O)N2C2CC2)c1. The molecule has 0 unspecified atom stereocenters. The van der Waals surface area contributed by atoms with Crippen molar-refractivity contribution in [1.82, 2.24) is 15.2 Å². The molecule has 1 aliphatic heterocycles. The molecule has 5 rings (SSSR count). The Balaban J connectivity index is 1.58. The first kappa shape index (κ1) is 20.2. The van der Waals surface area contributed by atoms with Crippen molar-refractivity contribution >= 4 is 11.8 Å². The second-order valence-electron chi connectivity index (χ2n) is 8.27. The molecular weight excluding hydrogens is 402 g/mol. The lowest BCUT2D eigenvalue weighted by atomic mass is 9.79. The average Bonchev–Trinajstić information content (AvgIpc) is 3.68. The quantitative estimate of drug-likeness (QED) is 0.649. The van der Waals surface area contributed by atoms with Crippen LogP contribution in [0, 0.1) is 0 Å². The fourth-order valence-corrected chi connectivity index (χ4v) is 4.56. The van der Waals surface area contributed by atoms with Gasteiger partial charge in [0.05, 0.1) is 31.3 Å². The summed E-state index contributed by atoms with van der Waals surface area (Å²) in [5.41, 5.74) is 3.06. The number of nitrogens with one attached hydrogen (secondary N) is 1. The van der Waals surface area contributed by atoms with Crippen LogP contribution in [0.2, 0.25) is 0 Å². The third-order valence-corrected chi connectivity index (χ3v) is 6.20. The van der Waals surface area contributed by atoms with Crippen molar-refractivity contribution in [2.75, 3.05) is 7.11 Å². The van der Waals surface area contributed by atoms with Crippen LogP contribution in [0.15, 0.2) is 72.9 Å². The first-order chi connectivity index (χ1) is 15.7. The Labute approximate surface area is 187 Å². The molecule has 0 saturated heterocycles. The van der Waals surface area contributed by atoms with Crippen LogP contribution in [0.4, 0.5) is 0 Å². The van der Waals surface area contributed by atoms with Crippen molar-refractivity contribution in [3.05, 3.63) is 95.3 Å². The van der Waals surface area contributed by atoms with E-state index in [1.54, 1.807) is 13.3 Å². The van der Waals surface area contributed by atoms with Crippen molar-refractivity contribution in [1.29, 1.82) is 0 Å². The molecule has 1 aromatic heterocycles. The monoisotopic (exact) mass is 427 g/mol. The van der Waals surface area contributed by atoms with Crippen LogP contribution >= 0.6 is 0 Å². The zero-order chi connectivity index (χ0) is 22.1. The standard InChI is InChI=1S/C26H25N3O3/c1-32-20-9-6-7-17(15-20)24-23(25(30)28-16-18-8-4-5-14-27-18)21-10-2-3-11-22(21)26(31)29(24)19-12-13-19/h2-11,14-15,19,23-24H,12-13,16H2,1H3,(H,28,30)/t23-,24-/m0/s1. The highest BCUT2D eigenvalue weighted by Crippen LogP contribution is 2.48. The van der Waals surface area contributed by atoms with E-state index in [4.69, 9.17) is 4.74 Å². The summed E-state index contributed by atoms with van der Waals surface area (Å²) in [6.07, 6.45) is 3.62. The number of pyridine rings is 1. The van der Waals surface area contributed by atoms with Gasteiger partial charge >= 0.3 is 0 Å². The van der Waals surface area contributed by atoms with Gasteiger partial charge in [0.2, 0.25) is 5.91 Å². The predicted octanol–water partition coefficient (Wildman–Crippen LogP) is 3.85. The number of rotatable bonds is 6. The summed E-state index contributed by atoms with van der Waals surface area (Å²) in [7, 11) is 1.62. The molecule has 2 aromatic carbocycles. The maximum atomic E-state index is 13.7. The molecule has 6 nitrogen and oxygen atoms in total. The Morgan fingerprint density at radius 1 is 1.09 bits per heavy atom. The number of benzene rings is 2. The molecular formula is C26H25N3O3. The molecule has 2 atom stereocenters. The summed E-state index contributed by atoms with van der Waals surface area (Å²) in [6, 6.07) is 20.5. The van der Waals surface area contributed by atoms with Crippen LogP contribution in [0.1, 0.15) is 52.0 Å². The van der Waals surface area contributed by atoms with Crippen molar-refractivity contribution < 1.29 is 14.3 Å². The summed E-state index contributed by atoms with van der Waals surface area (Å²) < 4.78 is 5.44. The van der Waals surface area contributed by atoms with E-state index < -0.39 is 12.0 Å². The fourth-order valence-electron chi connectivity index (χ4n) is 4.56. The molecule has 2 aliphatic rings. The molecule has 162 valence electrons. The van der Waals surface area contributed by atoms with Crippen molar-refractivity contribution in [3.8, 4) is 5.75 Å². The van der Waals surface area contributed by atoms with Gasteiger partial charge in [0.25, 0.3) is 5.91 Å². The first-order valence-electron chi connectivity index (χ1n) is 10.9. The zero-order valence-corrected chi connectivity index (χ0v) is 17.9. The molecule has 0 bridgehead atoms. The largest absolute Gasteiger partial charge is 0.497 e. The summed E-state index contributed by atoms with van der Waals surface area (Å²) in [5, 5.41) is 3.06. The van der Waals surface area contributed by atoms with Gasteiger partial charge in [0.1, 0.15) is 5.75 Å². The van der Waals surface area contributed by atoms with Gasteiger partial charge in [0.15, 0.2) is 0 Å². The van der Waals surface area contributed by atoms with E-state index in [1.165, 1.54) is 0 Å². The smallest absolute Gasteiger partial charge is 0.254 e. The Hall–Kier alpha value is -3.67. The third kappa shape index (κ3) is 3.73. The zero-order valence-electron chi connectivity index (χ0n) is 17.9. The normalized spacial score (nSPS) is 19.9. The summed E-state index contributed by atoms with van der Waals surface area (Å²) >= 11 is 0. The number of carbonyl (C=O) groups excluding carboxylic acids is 2. The van der Waals surface area contributed by atoms with Crippen molar-refractivity contribution in [3.63, 3.8) is 0 Å². The predicted molar refractivity (Wildman–Crippen MR) is 120 cm³/mol. The van der Waals surface area contributed by atoms with Crippen LogP contribution in [-0.2, 0) is 11.3 Å². The Morgan fingerprint density at radius 3 is 2.66 bits per heavy atom. The number of fused-ring (bicyclic) bond motifs is 1. The number of amides is 2. The minimum Gasteiger partial charge on any atom is -0.497 e. The van der Waals surface area contributed by atoms with E-state index in [0.717, 1.165) is 29.7 Å². The summed E-state index contributed by atoms with van der Waals surface area (Å²) in [4.78, 5) is 33.4. The molecule has 2 heterocycles. The van der Waals surface area contributed by atoms with E-state index in [2.05, 4.69) is 10.3 Å². The highest BCUT2D eigenvalue weighted by atomic mass is 16.5. The summed E-state index contributed by atoms with van der Waals surface area (Å²) in [5.74, 6) is 0.0521. The van der Waals surface area contributed by atoms with Gasteiger partial charge in [0, 0.05) is 17.8 Å². The van der Waals surface area contributed by atoms with E-state index >= 15 is 0 Å². The van der Waals surface area contributed by atoms with Crippen LogP contribution in [0.25, 0.3) is 0 Å². The number of nitrogens with zero attached hydrogens (tertiary/aromatic N) is 2. The molecule has 3 aromatic rings. The van der Waals surface area contributed by atoms with Gasteiger partial charge in [-0.05, 0) is 54.3 Å². The lowest BCUT2D eigenvalue weighted by molar-refractivity contribution is -0.124. The number of methoxy groups -OCH3 is 1. The molecule has 1 N–H and O–H groups in total. The van der Waals surface area contributed by atoms with Crippen molar-refractivity contribution in [2.45, 2.75) is 37.4 Å². The first-order valence-corrected chi connectivity index (χ1v) is 10.9. The van der Waals surface area contributed by atoms with Gasteiger partial charge < -0.3 is 15.0 Å². The number of carbonyl (C=O) groups is 2. The van der Waals surface area contributed by atoms with Crippen molar-refractivity contribution in [2.24, 2.45) is 0 Å². The number of aromatic nitrogens is 1. The summed E-state index contributed by atoms with van der Waals surface area (Å²) in [6.45, 7) is 0.334. The van der Waals surface area contributed by atoms with E-state index in [1.807, 2.05) is 71.6 Å². The highest BCUT2D eigenvalue weighted by Gasteiger charge is 2.49. The maximum Gasteiger partial charge on any atom is 0.254 e. The van der Waals surface area contributed by atoms with Crippen LogP contribution < -0.4 is 10.1 Å². The Kier molecular flexibility index (Phi) is 5.35. The molecule has 0 radical (unpaired) electrons. The van der Waals surface area contributed by atoms with Gasteiger partial charge in [-0.15, -0.1) is 0 Å². The van der Waals surface area contributed by atoms with Gasteiger partial charge in [-0.3, -0.25) is 14.6 Å². The van der Waals surface area contributed by atoms with Crippen LogP contribution in [0.5, 0.6) is 5.75 Å². The molecule has 2 amide bonds. The fraction of sp³-hybridized carbons (Fsp3) is 0.269. The van der Waals surface area contributed by atoms with Crippen LogP contribution in [0.3, 0.4) is 0 Å². The topological polar surface area (TPSA) is 71.5 Å². The van der Waals surface area contributed by atoms with Crippen LogP contribution in [-0.4, -0.2) is 34.8 Å². The molecule has 1 saturated carbocycles. The molecule has 32 heavy (non-hydrogen) atoms. The second kappa shape index (κ2) is 8.46. The number of hydrogen-bond donors (Lipinski definition) is 1. The van der Waals surface area contributed by atoms with E-state index in [9.17, 15) is 9.59 Å². The van der Waals surface area contributed by atoms with Gasteiger partial charge in [-0.25, -0.2) is 0 Å². The van der Waals surface area contributed by atoms with E-state index in [-0.39, 0.29) is 17.9 Å². The average molecular weight is 428 g/mol. The van der Waals surface area contributed by atoms with Gasteiger partial charge in [-0.2, -0.15) is 0 Å². The number of hydrogen-bond acceptors (Lipinski definition) is 4. The Bertz CT molecular complexity index is 1140. The molecule has 1 aliphatic carbocycles. The van der Waals surface area contributed by atoms with E-state index in [0.29, 0.717) is 17.9 Å². The Morgan fingerprint density at radius 2 is 1.91 bits per heavy atom. The lowest BCUT2D eigenvalue weighted by Crippen LogP contribution is -2.48. The van der Waals surface area contributed by atoms with Gasteiger partial charge in [-0.1, -0.05) is 36.4 Å². The lowest BCUT2D eigenvalue weighted by Gasteiger charge is -2.42. The second-order valence-corrected chi connectivity index (χ2v) is 8.27. The molecule has 6 heteroatoms. The third-order valence-electron chi connectivity index (χ3n) is 6.20. The minimum absolute atomic E-state index is 0.00954. The maximum absolute atomic E-state index is 13.7. The minimum atomic E-state index is -0.527. The highest BCUT2D eigenvalue weighted by molar-refractivity contribution is 6.01. The number of ether oxygens (including phenoxy) is 1. The molecule has 1 fully saturated rings.